The Bertz CT molecular complexity index is 663. The van der Waals surface area contributed by atoms with Crippen LogP contribution in [0.5, 0.6) is 0 Å². The van der Waals surface area contributed by atoms with Crippen LogP contribution >= 0.6 is 0 Å². The zero-order valence-electron chi connectivity index (χ0n) is 10.5. The monoisotopic (exact) mass is 271 g/mol. The first-order valence-corrected chi connectivity index (χ1v) is 6.13. The van der Waals surface area contributed by atoms with Crippen molar-refractivity contribution in [3.63, 3.8) is 0 Å². The van der Waals surface area contributed by atoms with Crippen molar-refractivity contribution in [1.29, 1.82) is 0 Å². The minimum atomic E-state index is -3.40. The summed E-state index contributed by atoms with van der Waals surface area (Å²) >= 11 is 0. The number of benzene rings is 2. The van der Waals surface area contributed by atoms with Crippen LogP contribution in [-0.2, 0) is 4.74 Å². The molecule has 1 aliphatic rings. The number of aliphatic imine (C=N–C) groups is 1. The molecule has 4 heteroatoms. The molecule has 2 aromatic carbocycles. The number of hydrogen-bond acceptors (Lipinski definition) is 2. The van der Waals surface area contributed by atoms with E-state index < -0.39 is 6.11 Å². The fraction of sp³-hybridized carbons (Fsp3) is 0.0625. The van der Waals surface area contributed by atoms with Gasteiger partial charge in [0, 0.05) is 11.6 Å². The molecule has 0 atom stereocenters. The summed E-state index contributed by atoms with van der Waals surface area (Å²) in [6.45, 7) is 0. The highest BCUT2D eigenvalue weighted by molar-refractivity contribution is 6.08. The van der Waals surface area contributed by atoms with E-state index >= 15 is 0 Å². The van der Waals surface area contributed by atoms with E-state index in [0.29, 0.717) is 11.3 Å². The highest BCUT2D eigenvalue weighted by atomic mass is 19.3. The van der Waals surface area contributed by atoms with Gasteiger partial charge in [-0.3, -0.25) is 0 Å². The largest absolute Gasteiger partial charge is 0.444 e. The van der Waals surface area contributed by atoms with Gasteiger partial charge < -0.3 is 4.74 Å². The lowest BCUT2D eigenvalue weighted by Gasteiger charge is -2.11. The fourth-order valence-corrected chi connectivity index (χ4v) is 1.91. The number of rotatable bonds is 2. The Hall–Kier alpha value is -2.49. The van der Waals surface area contributed by atoms with Crippen molar-refractivity contribution in [2.45, 2.75) is 6.11 Å². The molecule has 1 aliphatic heterocycles. The van der Waals surface area contributed by atoms with Crippen LogP contribution in [0.1, 0.15) is 5.56 Å². The second kappa shape index (κ2) is 4.89. The molecule has 0 radical (unpaired) electrons. The van der Waals surface area contributed by atoms with Gasteiger partial charge in [-0.2, -0.15) is 8.78 Å². The van der Waals surface area contributed by atoms with Crippen LogP contribution in [0.3, 0.4) is 0 Å². The Morgan fingerprint density at radius 1 is 0.850 bits per heavy atom. The number of nitrogens with zero attached hydrogens (tertiary/aromatic N) is 1. The smallest absolute Gasteiger partial charge is 0.427 e. The third-order valence-electron chi connectivity index (χ3n) is 2.87. The van der Waals surface area contributed by atoms with Gasteiger partial charge in [0.15, 0.2) is 5.71 Å². The van der Waals surface area contributed by atoms with E-state index in [4.69, 9.17) is 4.74 Å². The maximum atomic E-state index is 13.8. The van der Waals surface area contributed by atoms with Crippen LogP contribution < -0.4 is 0 Å². The van der Waals surface area contributed by atoms with Gasteiger partial charge >= 0.3 is 6.11 Å². The zero-order valence-corrected chi connectivity index (χ0v) is 10.5. The minimum Gasteiger partial charge on any atom is -0.427 e. The Morgan fingerprint density at radius 3 is 2.10 bits per heavy atom. The average molecular weight is 271 g/mol. The van der Waals surface area contributed by atoms with Crippen molar-refractivity contribution in [2.24, 2.45) is 4.99 Å². The van der Waals surface area contributed by atoms with E-state index in [-0.39, 0.29) is 11.5 Å². The minimum absolute atomic E-state index is 0.130. The molecule has 0 N–H and O–H groups in total. The zero-order chi connectivity index (χ0) is 14.0. The summed E-state index contributed by atoms with van der Waals surface area (Å²) in [5, 5.41) is 0. The third kappa shape index (κ3) is 2.45. The molecule has 0 spiro atoms. The van der Waals surface area contributed by atoms with E-state index in [1.54, 1.807) is 54.6 Å². The van der Waals surface area contributed by atoms with Crippen molar-refractivity contribution >= 4 is 17.2 Å². The summed E-state index contributed by atoms with van der Waals surface area (Å²) in [5.41, 5.74) is 0.685. The number of ether oxygens (including phenoxy) is 1. The second-order valence-corrected chi connectivity index (χ2v) is 4.33. The number of hydrogen-bond donors (Lipinski definition) is 0. The Kier molecular flexibility index (Phi) is 3.06. The van der Waals surface area contributed by atoms with Crippen LogP contribution in [0.4, 0.5) is 14.5 Å². The van der Waals surface area contributed by atoms with Crippen LogP contribution in [-0.4, -0.2) is 11.8 Å². The molecule has 3 rings (SSSR count). The molecule has 0 saturated heterocycles. The maximum absolute atomic E-state index is 13.8. The van der Waals surface area contributed by atoms with Gasteiger partial charge in [-0.1, -0.05) is 48.5 Å². The lowest BCUT2D eigenvalue weighted by atomic mass is 10.2. The molecule has 2 aromatic rings. The first-order valence-electron chi connectivity index (χ1n) is 6.13. The summed E-state index contributed by atoms with van der Waals surface area (Å²) in [6.07, 6.45) is -2.12. The topological polar surface area (TPSA) is 21.6 Å². The van der Waals surface area contributed by atoms with Gasteiger partial charge in [0.25, 0.3) is 0 Å². The van der Waals surface area contributed by atoms with Crippen molar-refractivity contribution in [3.8, 4) is 0 Å². The summed E-state index contributed by atoms with van der Waals surface area (Å²) in [5.74, 6) is 0.130. The molecule has 0 amide bonds. The van der Waals surface area contributed by atoms with Gasteiger partial charge in [-0.15, -0.1) is 0 Å². The van der Waals surface area contributed by atoms with Crippen molar-refractivity contribution < 1.29 is 13.5 Å². The van der Waals surface area contributed by atoms with E-state index in [0.717, 1.165) is 0 Å². The quantitative estimate of drug-likeness (QED) is 0.792. The molecule has 20 heavy (non-hydrogen) atoms. The predicted octanol–water partition coefficient (Wildman–Crippen LogP) is 4.42. The summed E-state index contributed by atoms with van der Waals surface area (Å²) < 4.78 is 32.4. The molecule has 2 nitrogen and oxygen atoms in total. The van der Waals surface area contributed by atoms with E-state index in [1.807, 2.05) is 6.07 Å². The number of para-hydroxylation sites is 1. The van der Waals surface area contributed by atoms with Crippen molar-refractivity contribution in [2.75, 3.05) is 0 Å². The van der Waals surface area contributed by atoms with Crippen LogP contribution in [0, 0.1) is 0 Å². The van der Waals surface area contributed by atoms with Gasteiger partial charge in [-0.25, -0.2) is 4.99 Å². The molecule has 0 fully saturated rings. The highest BCUT2D eigenvalue weighted by Crippen LogP contribution is 2.35. The van der Waals surface area contributed by atoms with Crippen molar-refractivity contribution in [1.82, 2.24) is 0 Å². The summed E-state index contributed by atoms with van der Waals surface area (Å²) in [4.78, 5) is 3.95. The molecule has 100 valence electrons. The molecule has 1 heterocycles. The summed E-state index contributed by atoms with van der Waals surface area (Å²) in [6, 6.07) is 17.4. The molecular weight excluding hydrogens is 260 g/mol. The second-order valence-electron chi connectivity index (χ2n) is 4.33. The molecule has 0 unspecified atom stereocenters. The Labute approximate surface area is 115 Å². The van der Waals surface area contributed by atoms with E-state index in [2.05, 4.69) is 4.99 Å². The molecular formula is C16H11F2NO. The van der Waals surface area contributed by atoms with Gasteiger partial charge in [-0.05, 0) is 12.1 Å². The first-order chi connectivity index (χ1) is 9.65. The number of alkyl halides is 2. The van der Waals surface area contributed by atoms with Crippen LogP contribution in [0.25, 0.3) is 5.76 Å². The van der Waals surface area contributed by atoms with Crippen molar-refractivity contribution in [3.05, 3.63) is 72.3 Å². The first kappa shape index (κ1) is 12.5. The third-order valence-corrected chi connectivity index (χ3v) is 2.87. The van der Waals surface area contributed by atoms with Gasteiger partial charge in [0.1, 0.15) is 5.76 Å². The highest BCUT2D eigenvalue weighted by Gasteiger charge is 2.44. The van der Waals surface area contributed by atoms with E-state index in [1.165, 1.54) is 6.08 Å². The maximum Gasteiger partial charge on any atom is 0.444 e. The molecule has 0 aromatic heterocycles. The number of halogens is 2. The van der Waals surface area contributed by atoms with Gasteiger partial charge in [0.05, 0.1) is 5.69 Å². The lowest BCUT2D eigenvalue weighted by Crippen LogP contribution is -2.24. The van der Waals surface area contributed by atoms with E-state index in [9.17, 15) is 8.78 Å². The SMILES string of the molecule is FC1(F)OC(c2ccccc2)=CC1=Nc1ccccc1. The Balaban J connectivity index is 1.98. The van der Waals surface area contributed by atoms with Crippen LogP contribution in [0.15, 0.2) is 71.7 Å². The molecule has 0 saturated carbocycles. The molecule has 0 bridgehead atoms. The van der Waals surface area contributed by atoms with Crippen LogP contribution in [0.2, 0.25) is 0 Å². The fourth-order valence-electron chi connectivity index (χ4n) is 1.91. The average Bonchev–Trinajstić information content (AvgIpc) is 2.76. The normalized spacial score (nSPS) is 18.7. The van der Waals surface area contributed by atoms with Gasteiger partial charge in [0.2, 0.25) is 0 Å². The summed E-state index contributed by atoms with van der Waals surface area (Å²) in [7, 11) is 0. The Morgan fingerprint density at radius 2 is 1.45 bits per heavy atom. The lowest BCUT2D eigenvalue weighted by molar-refractivity contribution is -0.125. The molecule has 0 aliphatic carbocycles. The standard InChI is InChI=1S/C16H11F2NO/c17-16(18)15(19-13-9-5-2-6-10-13)11-14(20-16)12-7-3-1-4-8-12/h1-11H. The predicted molar refractivity (Wildman–Crippen MR) is 74.0 cm³/mol.